The molecule has 3 aromatic rings. The van der Waals surface area contributed by atoms with E-state index in [1.54, 1.807) is 41.7 Å². The van der Waals surface area contributed by atoms with Crippen molar-refractivity contribution < 1.29 is 20.2 Å². The standard InChI is InChI=1S/C10H11NOS.C8H8O3/c1-7(11-12)10-6-8-4-2-3-5-9(8)13-10;9-7(8(10)11)6-4-2-1-3-5-6/h2-7,11-12H,1H3;1-5,7,9H,(H,10,11)/t2*7-/m11/s1. The minimum absolute atomic E-state index is 0.0115. The molecule has 0 bridgehead atoms. The molecule has 24 heavy (non-hydrogen) atoms. The number of fused-ring (bicyclic) bond motifs is 1. The van der Waals surface area contributed by atoms with Gasteiger partial charge < -0.3 is 15.4 Å². The van der Waals surface area contributed by atoms with Crippen molar-refractivity contribution in [2.24, 2.45) is 0 Å². The van der Waals surface area contributed by atoms with Gasteiger partial charge in [0.1, 0.15) is 0 Å². The summed E-state index contributed by atoms with van der Waals surface area (Å²) in [4.78, 5) is 11.4. The average Bonchev–Trinajstić information content (AvgIpc) is 3.05. The monoisotopic (exact) mass is 345 g/mol. The lowest BCUT2D eigenvalue weighted by Crippen LogP contribution is -2.11. The largest absolute Gasteiger partial charge is 0.479 e. The van der Waals surface area contributed by atoms with E-state index in [2.05, 4.69) is 23.7 Å². The molecule has 2 atom stereocenters. The molecule has 1 aromatic heterocycles. The predicted octanol–water partition coefficient (Wildman–Crippen LogP) is 3.75. The fourth-order valence-corrected chi connectivity index (χ4v) is 3.12. The third-order valence-corrected chi connectivity index (χ3v) is 4.71. The van der Waals surface area contributed by atoms with E-state index < -0.39 is 12.1 Å². The Balaban J connectivity index is 0.000000177. The number of carboxylic acids is 1. The van der Waals surface area contributed by atoms with Crippen molar-refractivity contribution in [3.05, 3.63) is 71.1 Å². The zero-order valence-electron chi connectivity index (χ0n) is 13.1. The number of hydrogen-bond donors (Lipinski definition) is 4. The number of rotatable bonds is 4. The zero-order valence-corrected chi connectivity index (χ0v) is 13.9. The molecule has 0 amide bonds. The maximum Gasteiger partial charge on any atom is 0.337 e. The van der Waals surface area contributed by atoms with Crippen molar-refractivity contribution in [2.75, 3.05) is 0 Å². The van der Waals surface area contributed by atoms with Crippen LogP contribution in [0.2, 0.25) is 0 Å². The summed E-state index contributed by atoms with van der Waals surface area (Å²) >= 11 is 1.71. The molecule has 5 nitrogen and oxygen atoms in total. The van der Waals surface area contributed by atoms with Gasteiger partial charge in [-0.25, -0.2) is 4.79 Å². The van der Waals surface area contributed by atoms with Crippen LogP contribution in [0, 0.1) is 0 Å². The molecule has 2 aromatic carbocycles. The summed E-state index contributed by atoms with van der Waals surface area (Å²) in [6.45, 7) is 1.94. The van der Waals surface area contributed by atoms with E-state index in [9.17, 15) is 4.79 Å². The van der Waals surface area contributed by atoms with Crippen molar-refractivity contribution in [3.63, 3.8) is 0 Å². The van der Waals surface area contributed by atoms with E-state index >= 15 is 0 Å². The van der Waals surface area contributed by atoms with Crippen LogP contribution in [0.25, 0.3) is 10.1 Å². The first-order valence-electron chi connectivity index (χ1n) is 7.37. The molecule has 0 radical (unpaired) electrons. The molecule has 126 valence electrons. The van der Waals surface area contributed by atoms with Crippen molar-refractivity contribution in [1.29, 1.82) is 0 Å². The molecule has 0 aliphatic rings. The molecule has 0 fully saturated rings. The second-order valence-electron chi connectivity index (χ2n) is 5.19. The molecule has 0 aliphatic heterocycles. The molecule has 1 heterocycles. The number of aliphatic hydroxyl groups is 1. The molecular weight excluding hydrogens is 326 g/mol. The number of aliphatic carboxylic acids is 1. The molecule has 0 saturated heterocycles. The highest BCUT2D eigenvalue weighted by Crippen LogP contribution is 2.29. The van der Waals surface area contributed by atoms with Crippen LogP contribution in [0.3, 0.4) is 0 Å². The summed E-state index contributed by atoms with van der Waals surface area (Å²) in [6, 6.07) is 18.6. The first-order chi connectivity index (χ1) is 11.5. The minimum Gasteiger partial charge on any atom is -0.479 e. The Morgan fingerprint density at radius 2 is 1.71 bits per heavy atom. The molecule has 0 aliphatic carbocycles. The van der Waals surface area contributed by atoms with Gasteiger partial charge in [-0.15, -0.1) is 11.3 Å². The van der Waals surface area contributed by atoms with Crippen LogP contribution in [0.1, 0.15) is 29.5 Å². The van der Waals surface area contributed by atoms with E-state index in [1.807, 2.05) is 19.1 Å². The third-order valence-electron chi connectivity index (χ3n) is 3.41. The first-order valence-corrected chi connectivity index (χ1v) is 8.18. The summed E-state index contributed by atoms with van der Waals surface area (Å²) in [7, 11) is 0. The smallest absolute Gasteiger partial charge is 0.337 e. The second-order valence-corrected chi connectivity index (χ2v) is 6.30. The van der Waals surface area contributed by atoms with E-state index in [0.29, 0.717) is 5.56 Å². The van der Waals surface area contributed by atoms with Crippen LogP contribution in [-0.2, 0) is 4.79 Å². The van der Waals surface area contributed by atoms with Crippen molar-refractivity contribution >= 4 is 27.4 Å². The van der Waals surface area contributed by atoms with Crippen LogP contribution < -0.4 is 5.48 Å². The van der Waals surface area contributed by atoms with E-state index in [1.165, 1.54) is 10.1 Å². The number of hydrogen-bond acceptors (Lipinski definition) is 5. The van der Waals surface area contributed by atoms with Gasteiger partial charge in [0.15, 0.2) is 6.10 Å². The first kappa shape index (κ1) is 18.1. The molecular formula is C18H19NO4S. The van der Waals surface area contributed by atoms with Gasteiger partial charge in [0.25, 0.3) is 0 Å². The van der Waals surface area contributed by atoms with Crippen molar-refractivity contribution in [2.45, 2.75) is 19.1 Å². The van der Waals surface area contributed by atoms with Crippen molar-refractivity contribution in [1.82, 2.24) is 5.48 Å². The fourth-order valence-electron chi connectivity index (χ4n) is 2.06. The number of carbonyl (C=O) groups is 1. The lowest BCUT2D eigenvalue weighted by Gasteiger charge is -2.03. The molecule has 3 rings (SSSR count). The maximum absolute atomic E-state index is 10.2. The molecule has 0 spiro atoms. The number of thiophene rings is 1. The van der Waals surface area contributed by atoms with Crippen LogP contribution in [-0.4, -0.2) is 21.4 Å². The normalized spacial score (nSPS) is 13.0. The molecule has 0 saturated carbocycles. The fraction of sp³-hybridized carbons (Fsp3) is 0.167. The topological polar surface area (TPSA) is 89.8 Å². The summed E-state index contributed by atoms with van der Waals surface area (Å²) in [5.74, 6) is -1.23. The second kappa shape index (κ2) is 8.56. The SMILES string of the molecule is C[C@@H](NO)c1cc2ccccc2s1.O=C(O)[C@H](O)c1ccccc1. The van der Waals surface area contributed by atoms with E-state index in [4.69, 9.17) is 15.4 Å². The number of nitrogens with one attached hydrogen (secondary N) is 1. The van der Waals surface area contributed by atoms with Gasteiger partial charge in [-0.05, 0) is 30.0 Å². The van der Waals surface area contributed by atoms with Crippen LogP contribution in [0.4, 0.5) is 0 Å². The maximum atomic E-state index is 10.2. The predicted molar refractivity (Wildman–Crippen MR) is 94.2 cm³/mol. The summed E-state index contributed by atoms with van der Waals surface area (Å²) in [5.41, 5.74) is 2.66. The Labute approximate surface area is 143 Å². The summed E-state index contributed by atoms with van der Waals surface area (Å²) < 4.78 is 1.26. The van der Waals surface area contributed by atoms with Crippen LogP contribution in [0.5, 0.6) is 0 Å². The van der Waals surface area contributed by atoms with E-state index in [-0.39, 0.29) is 6.04 Å². The van der Waals surface area contributed by atoms with E-state index in [0.717, 1.165) is 4.88 Å². The number of hydroxylamine groups is 1. The van der Waals surface area contributed by atoms with Crippen LogP contribution in [0.15, 0.2) is 60.7 Å². The van der Waals surface area contributed by atoms with Gasteiger partial charge in [-0.2, -0.15) is 5.48 Å². The zero-order chi connectivity index (χ0) is 17.5. The molecule has 4 N–H and O–H groups in total. The Hall–Kier alpha value is -2.25. The number of aliphatic hydroxyl groups excluding tert-OH is 1. The lowest BCUT2D eigenvalue weighted by molar-refractivity contribution is -0.146. The highest BCUT2D eigenvalue weighted by molar-refractivity contribution is 7.19. The van der Waals surface area contributed by atoms with Crippen molar-refractivity contribution in [3.8, 4) is 0 Å². The van der Waals surface area contributed by atoms with Gasteiger partial charge in [0.05, 0.1) is 6.04 Å². The van der Waals surface area contributed by atoms with Gasteiger partial charge in [-0.3, -0.25) is 0 Å². The Morgan fingerprint density at radius 1 is 1.08 bits per heavy atom. The quantitative estimate of drug-likeness (QED) is 0.541. The highest BCUT2D eigenvalue weighted by atomic mass is 32.1. The Bertz CT molecular complexity index is 755. The van der Waals surface area contributed by atoms with Gasteiger partial charge in [0, 0.05) is 9.58 Å². The van der Waals surface area contributed by atoms with Gasteiger partial charge in [0.2, 0.25) is 0 Å². The molecule has 6 heteroatoms. The average molecular weight is 345 g/mol. The molecule has 0 unspecified atom stereocenters. The summed E-state index contributed by atoms with van der Waals surface area (Å²) in [6.07, 6.45) is -1.41. The van der Waals surface area contributed by atoms with Gasteiger partial charge >= 0.3 is 5.97 Å². The summed E-state index contributed by atoms with van der Waals surface area (Å²) in [5, 5.41) is 27.4. The highest BCUT2D eigenvalue weighted by Gasteiger charge is 2.14. The van der Waals surface area contributed by atoms with Crippen LogP contribution >= 0.6 is 11.3 Å². The number of benzene rings is 2. The third kappa shape index (κ3) is 4.62. The number of carboxylic acid groups (broad SMARTS) is 1. The van der Waals surface area contributed by atoms with Gasteiger partial charge in [-0.1, -0.05) is 48.5 Å². The lowest BCUT2D eigenvalue weighted by atomic mass is 10.1. The Kier molecular flexibility index (Phi) is 6.45. The minimum atomic E-state index is -1.41. The Morgan fingerprint density at radius 3 is 2.29 bits per heavy atom.